The molecule has 1 N–H and O–H groups in total. The van der Waals surface area contributed by atoms with Crippen LogP contribution in [0.25, 0.3) is 10.8 Å². The van der Waals surface area contributed by atoms with Crippen molar-refractivity contribution in [2.45, 2.75) is 38.3 Å². The average Bonchev–Trinajstić information content (AvgIpc) is 3.50. The highest BCUT2D eigenvalue weighted by Gasteiger charge is 2.26. The number of aromatic nitrogens is 3. The predicted octanol–water partition coefficient (Wildman–Crippen LogP) is 4.38. The first-order chi connectivity index (χ1) is 14.8. The molecule has 152 valence electrons. The molecule has 0 radical (unpaired) electrons. The molecular formula is C23H22N4O2S. The lowest BCUT2D eigenvalue weighted by atomic mass is 9.92. The quantitative estimate of drug-likeness (QED) is 0.504. The van der Waals surface area contributed by atoms with Crippen molar-refractivity contribution in [3.63, 3.8) is 0 Å². The summed E-state index contributed by atoms with van der Waals surface area (Å²) in [6.45, 7) is 0.755. The van der Waals surface area contributed by atoms with Crippen LogP contribution in [0.4, 0.5) is 0 Å². The van der Waals surface area contributed by atoms with E-state index in [1.54, 1.807) is 6.26 Å². The van der Waals surface area contributed by atoms with Crippen LogP contribution < -0.4 is 5.32 Å². The minimum atomic E-state index is -0.0139. The Morgan fingerprint density at radius 2 is 2.13 bits per heavy atom. The van der Waals surface area contributed by atoms with Gasteiger partial charge in [0.1, 0.15) is 0 Å². The topological polar surface area (TPSA) is 73.0 Å². The van der Waals surface area contributed by atoms with E-state index in [1.165, 1.54) is 22.6 Å². The lowest BCUT2D eigenvalue weighted by Crippen LogP contribution is -2.32. The minimum absolute atomic E-state index is 0.00829. The summed E-state index contributed by atoms with van der Waals surface area (Å²) in [4.78, 5) is 17.2. The van der Waals surface area contributed by atoms with E-state index in [-0.39, 0.29) is 18.4 Å². The molecule has 3 aromatic heterocycles. The Labute approximate surface area is 178 Å². The fourth-order valence-electron chi connectivity index (χ4n) is 3.97. The number of nitrogens with one attached hydrogen (secondary N) is 1. The standard InChI is InChI=1S/C23H22N4O2S/c28-22(12-17-15-30-23(25-17)21-10-5-11-29-21)26-19-8-4-9-20-18(19)13-24-27(20)14-16-6-2-1-3-7-16/h1-3,5-7,10-11,13,15,19H,4,8-9,12,14H2,(H,26,28). The summed E-state index contributed by atoms with van der Waals surface area (Å²) in [5.41, 5.74) is 4.36. The van der Waals surface area contributed by atoms with Gasteiger partial charge in [-0.1, -0.05) is 30.3 Å². The fourth-order valence-corrected chi connectivity index (χ4v) is 4.76. The first kappa shape index (κ1) is 18.8. The normalized spacial score (nSPS) is 15.7. The van der Waals surface area contributed by atoms with Crippen molar-refractivity contribution in [1.82, 2.24) is 20.1 Å². The average molecular weight is 419 g/mol. The second-order valence-corrected chi connectivity index (χ2v) is 8.36. The lowest BCUT2D eigenvalue weighted by molar-refractivity contribution is -0.121. The largest absolute Gasteiger partial charge is 0.462 e. The van der Waals surface area contributed by atoms with E-state index in [1.807, 2.05) is 41.9 Å². The van der Waals surface area contributed by atoms with Gasteiger partial charge < -0.3 is 9.73 Å². The van der Waals surface area contributed by atoms with Crippen molar-refractivity contribution >= 4 is 17.2 Å². The molecule has 0 bridgehead atoms. The van der Waals surface area contributed by atoms with E-state index in [2.05, 4.69) is 32.2 Å². The number of nitrogens with zero attached hydrogens (tertiary/aromatic N) is 3. The summed E-state index contributed by atoms with van der Waals surface area (Å²) in [5.74, 6) is 0.717. The van der Waals surface area contributed by atoms with Gasteiger partial charge in [-0.15, -0.1) is 11.3 Å². The minimum Gasteiger partial charge on any atom is -0.462 e. The van der Waals surface area contributed by atoms with Gasteiger partial charge in [0.25, 0.3) is 0 Å². The van der Waals surface area contributed by atoms with Gasteiger partial charge in [-0.25, -0.2) is 4.98 Å². The van der Waals surface area contributed by atoms with E-state index in [0.717, 1.165) is 47.8 Å². The number of thiazole rings is 1. The molecule has 5 rings (SSSR count). The lowest BCUT2D eigenvalue weighted by Gasteiger charge is -2.24. The molecule has 0 saturated heterocycles. The van der Waals surface area contributed by atoms with Crippen LogP contribution in [-0.4, -0.2) is 20.7 Å². The Kier molecular flexibility index (Phi) is 5.19. The van der Waals surface area contributed by atoms with Gasteiger partial charge in [-0.2, -0.15) is 5.10 Å². The number of hydrogen-bond donors (Lipinski definition) is 1. The van der Waals surface area contributed by atoms with E-state index >= 15 is 0 Å². The van der Waals surface area contributed by atoms with Gasteiger partial charge in [0, 0.05) is 16.6 Å². The predicted molar refractivity (Wildman–Crippen MR) is 115 cm³/mol. The van der Waals surface area contributed by atoms with Gasteiger partial charge in [0.2, 0.25) is 5.91 Å². The molecule has 4 aromatic rings. The van der Waals surface area contributed by atoms with Crippen molar-refractivity contribution in [3.05, 3.63) is 82.8 Å². The zero-order valence-electron chi connectivity index (χ0n) is 16.5. The number of carbonyl (C=O) groups excluding carboxylic acids is 1. The molecule has 6 nitrogen and oxygen atoms in total. The molecule has 30 heavy (non-hydrogen) atoms. The summed E-state index contributed by atoms with van der Waals surface area (Å²) in [7, 11) is 0. The first-order valence-corrected chi connectivity index (χ1v) is 11.0. The zero-order valence-corrected chi connectivity index (χ0v) is 17.3. The van der Waals surface area contributed by atoms with E-state index in [0.29, 0.717) is 0 Å². The van der Waals surface area contributed by atoms with Crippen LogP contribution in [0.3, 0.4) is 0 Å². The SMILES string of the molecule is O=C(Cc1csc(-c2ccco2)n1)NC1CCCc2c1cnn2Cc1ccccc1. The van der Waals surface area contributed by atoms with E-state index < -0.39 is 0 Å². The monoisotopic (exact) mass is 418 g/mol. The molecule has 1 aliphatic carbocycles. The summed E-state index contributed by atoms with van der Waals surface area (Å²) >= 11 is 1.49. The highest BCUT2D eigenvalue weighted by molar-refractivity contribution is 7.13. The summed E-state index contributed by atoms with van der Waals surface area (Å²) < 4.78 is 7.45. The fraction of sp³-hybridized carbons (Fsp3) is 0.261. The summed E-state index contributed by atoms with van der Waals surface area (Å²) in [6.07, 6.45) is 6.78. The molecule has 1 aliphatic rings. The number of rotatable bonds is 6. The third kappa shape index (κ3) is 3.93. The van der Waals surface area contributed by atoms with Crippen LogP contribution >= 0.6 is 11.3 Å². The van der Waals surface area contributed by atoms with Crippen LogP contribution in [0.15, 0.2) is 64.7 Å². The maximum Gasteiger partial charge on any atom is 0.226 e. The number of furan rings is 1. The molecular weight excluding hydrogens is 396 g/mol. The van der Waals surface area contributed by atoms with Crippen molar-refractivity contribution in [2.75, 3.05) is 0 Å². The molecule has 7 heteroatoms. The Bertz CT molecular complexity index is 1130. The first-order valence-electron chi connectivity index (χ1n) is 10.1. The number of fused-ring (bicyclic) bond motifs is 1. The maximum absolute atomic E-state index is 12.7. The third-order valence-corrected chi connectivity index (χ3v) is 6.30. The third-order valence-electron chi connectivity index (χ3n) is 5.40. The van der Waals surface area contributed by atoms with Crippen molar-refractivity contribution in [2.24, 2.45) is 0 Å². The highest BCUT2D eigenvalue weighted by Crippen LogP contribution is 2.30. The Balaban J connectivity index is 1.26. The van der Waals surface area contributed by atoms with Crippen molar-refractivity contribution in [3.8, 4) is 10.8 Å². The highest BCUT2D eigenvalue weighted by atomic mass is 32.1. The molecule has 1 unspecified atom stereocenters. The van der Waals surface area contributed by atoms with Gasteiger partial charge in [-0.3, -0.25) is 9.48 Å². The van der Waals surface area contributed by atoms with Gasteiger partial charge in [-0.05, 0) is 37.0 Å². The maximum atomic E-state index is 12.7. The Hall–Kier alpha value is -3.19. The second-order valence-electron chi connectivity index (χ2n) is 7.50. The van der Waals surface area contributed by atoms with Crippen molar-refractivity contribution < 1.29 is 9.21 Å². The molecule has 1 atom stereocenters. The second kappa shape index (κ2) is 8.28. The van der Waals surface area contributed by atoms with E-state index in [9.17, 15) is 4.79 Å². The molecule has 3 heterocycles. The smallest absolute Gasteiger partial charge is 0.226 e. The molecule has 1 aromatic carbocycles. The molecule has 0 spiro atoms. The Morgan fingerprint density at radius 3 is 2.97 bits per heavy atom. The van der Waals surface area contributed by atoms with Crippen LogP contribution in [0.2, 0.25) is 0 Å². The number of carbonyl (C=O) groups is 1. The van der Waals surface area contributed by atoms with Crippen LogP contribution in [0.5, 0.6) is 0 Å². The van der Waals surface area contributed by atoms with Crippen LogP contribution in [0.1, 0.15) is 41.4 Å². The van der Waals surface area contributed by atoms with Gasteiger partial charge in [0.15, 0.2) is 10.8 Å². The number of benzene rings is 1. The molecule has 0 saturated carbocycles. The molecule has 0 fully saturated rings. The summed E-state index contributed by atoms with van der Waals surface area (Å²) in [6, 6.07) is 14.1. The Morgan fingerprint density at radius 1 is 1.23 bits per heavy atom. The molecule has 1 amide bonds. The number of hydrogen-bond acceptors (Lipinski definition) is 5. The van der Waals surface area contributed by atoms with Gasteiger partial charge >= 0.3 is 0 Å². The van der Waals surface area contributed by atoms with E-state index in [4.69, 9.17) is 4.42 Å². The zero-order chi connectivity index (χ0) is 20.3. The molecule has 0 aliphatic heterocycles. The van der Waals surface area contributed by atoms with Gasteiger partial charge in [0.05, 0.1) is 37.2 Å². The van der Waals surface area contributed by atoms with Crippen LogP contribution in [-0.2, 0) is 24.2 Å². The summed E-state index contributed by atoms with van der Waals surface area (Å²) in [5, 5.41) is 10.5. The van der Waals surface area contributed by atoms with Crippen LogP contribution in [0, 0.1) is 0 Å². The van der Waals surface area contributed by atoms with Crippen molar-refractivity contribution in [1.29, 1.82) is 0 Å². The number of amides is 1.